The van der Waals surface area contributed by atoms with Gasteiger partial charge in [-0.1, -0.05) is 0 Å². The van der Waals surface area contributed by atoms with E-state index in [-0.39, 0.29) is 5.91 Å². The minimum Gasteiger partial charge on any atom is -0.378 e. The maximum absolute atomic E-state index is 12.8. The molecule has 11 heteroatoms. The molecule has 0 aliphatic carbocycles. The molecule has 0 atom stereocenters. The first-order chi connectivity index (χ1) is 16.5. The summed E-state index contributed by atoms with van der Waals surface area (Å²) in [5.41, 5.74) is 4.04. The van der Waals surface area contributed by atoms with Gasteiger partial charge in [-0.25, -0.2) is 9.67 Å². The number of carbonyl (C=O) groups is 1. The summed E-state index contributed by atoms with van der Waals surface area (Å²) in [4.78, 5) is 24.0. The number of nitrogens with zero attached hydrogens (tertiary/aromatic N) is 7. The van der Waals surface area contributed by atoms with Crippen molar-refractivity contribution in [2.75, 3.05) is 38.7 Å². The van der Waals surface area contributed by atoms with Crippen molar-refractivity contribution < 1.29 is 9.53 Å². The van der Waals surface area contributed by atoms with Gasteiger partial charge in [0.05, 0.1) is 24.4 Å². The molecule has 0 unspecified atom stereocenters. The minimum atomic E-state index is -0.236. The number of carbonyl (C=O) groups excluding carboxylic acids is 1. The van der Waals surface area contributed by atoms with E-state index < -0.39 is 0 Å². The molecule has 0 radical (unpaired) electrons. The maximum Gasteiger partial charge on any atom is 0.272 e. The number of aromatic nitrogens is 6. The fourth-order valence-electron chi connectivity index (χ4n) is 3.96. The number of ether oxygens (including phenoxy) is 1. The van der Waals surface area contributed by atoms with Crippen LogP contribution in [0.5, 0.6) is 0 Å². The number of hydrogen-bond donors (Lipinski definition) is 2. The molecule has 0 saturated heterocycles. The van der Waals surface area contributed by atoms with Gasteiger partial charge in [-0.15, -0.1) is 0 Å². The topological polar surface area (TPSA) is 115 Å². The normalized spacial score (nSPS) is 15.8. The number of aryl methyl sites for hydroxylation is 2. The lowest BCUT2D eigenvalue weighted by Crippen LogP contribution is -2.29. The molecule has 34 heavy (non-hydrogen) atoms. The van der Waals surface area contributed by atoms with Gasteiger partial charge in [-0.3, -0.25) is 14.4 Å². The smallest absolute Gasteiger partial charge is 0.272 e. The standard InChI is InChI=1S/C23H27N9O2/c1-15-16-13-30(2)9-11-34-10-8-24-22(33)21-18-12-17(4-5-19(18)31(3)29-21)26-23-25-7-6-20(27-23)32(14-16)28-15/h4-7,12,14H,8-11,13H2,1-3H3,(H,24,33)(H,25,26,27). The van der Waals surface area contributed by atoms with E-state index >= 15 is 0 Å². The van der Waals surface area contributed by atoms with Crippen LogP contribution in [0, 0.1) is 6.92 Å². The van der Waals surface area contributed by atoms with Crippen molar-refractivity contribution in [1.29, 1.82) is 0 Å². The predicted molar refractivity (Wildman–Crippen MR) is 127 cm³/mol. The van der Waals surface area contributed by atoms with Gasteiger partial charge in [0.15, 0.2) is 11.5 Å². The highest BCUT2D eigenvalue weighted by Crippen LogP contribution is 2.24. The van der Waals surface area contributed by atoms with Gasteiger partial charge >= 0.3 is 0 Å². The monoisotopic (exact) mass is 461 g/mol. The Morgan fingerprint density at radius 1 is 1.12 bits per heavy atom. The molecule has 4 heterocycles. The molecule has 0 fully saturated rings. The van der Waals surface area contributed by atoms with Gasteiger partial charge in [-0.05, 0) is 32.2 Å². The Bertz CT molecular complexity index is 1340. The van der Waals surface area contributed by atoms with E-state index in [0.29, 0.717) is 37.2 Å². The summed E-state index contributed by atoms with van der Waals surface area (Å²) >= 11 is 0. The number of benzene rings is 1. The Labute approximate surface area is 196 Å². The second kappa shape index (κ2) is 9.20. The molecule has 3 aromatic heterocycles. The highest BCUT2D eigenvalue weighted by molar-refractivity contribution is 6.05. The Kier molecular flexibility index (Phi) is 5.95. The van der Waals surface area contributed by atoms with Crippen LogP contribution in [0.3, 0.4) is 0 Å². The van der Waals surface area contributed by atoms with Crippen molar-refractivity contribution in [2.45, 2.75) is 13.5 Å². The van der Waals surface area contributed by atoms with Crippen LogP contribution >= 0.6 is 0 Å². The largest absolute Gasteiger partial charge is 0.378 e. The molecular formula is C23H27N9O2. The maximum atomic E-state index is 12.8. The van der Waals surface area contributed by atoms with Crippen LogP contribution in [0.1, 0.15) is 21.7 Å². The fourth-order valence-corrected chi connectivity index (χ4v) is 3.96. The zero-order valence-electron chi connectivity index (χ0n) is 19.4. The van der Waals surface area contributed by atoms with Gasteiger partial charge in [0.25, 0.3) is 5.91 Å². The zero-order chi connectivity index (χ0) is 23.7. The van der Waals surface area contributed by atoms with Crippen LogP contribution in [0.4, 0.5) is 11.6 Å². The third-order valence-electron chi connectivity index (χ3n) is 5.79. The summed E-state index contributed by atoms with van der Waals surface area (Å²) in [6, 6.07) is 7.53. The summed E-state index contributed by atoms with van der Waals surface area (Å²) in [6.07, 6.45) is 3.69. The van der Waals surface area contributed by atoms with Crippen molar-refractivity contribution in [3.8, 4) is 5.82 Å². The van der Waals surface area contributed by atoms with E-state index in [2.05, 4.69) is 35.7 Å². The SMILES string of the molecule is Cc1nn2cc1CN(C)CCOCCNC(=O)c1nn(C)c3ccc(cc13)Nc1nccc-2n1. The molecule has 176 valence electrons. The van der Waals surface area contributed by atoms with Crippen molar-refractivity contribution >= 4 is 28.4 Å². The fraction of sp³-hybridized carbons (Fsp3) is 0.348. The van der Waals surface area contributed by atoms with Gasteiger partial charge in [-0.2, -0.15) is 15.2 Å². The zero-order valence-corrected chi connectivity index (χ0v) is 19.4. The minimum absolute atomic E-state index is 0.236. The van der Waals surface area contributed by atoms with E-state index in [9.17, 15) is 4.79 Å². The average Bonchev–Trinajstić information content (AvgIpc) is 3.35. The second-order valence-electron chi connectivity index (χ2n) is 8.36. The second-order valence-corrected chi connectivity index (χ2v) is 8.36. The molecule has 4 aromatic rings. The molecule has 0 saturated carbocycles. The van der Waals surface area contributed by atoms with Crippen LogP contribution in [-0.2, 0) is 18.3 Å². The number of anilines is 2. The highest BCUT2D eigenvalue weighted by Gasteiger charge is 2.17. The summed E-state index contributed by atoms with van der Waals surface area (Å²) in [5, 5.41) is 16.0. The molecule has 1 aliphatic rings. The molecule has 1 aliphatic heterocycles. The highest BCUT2D eigenvalue weighted by atomic mass is 16.5. The summed E-state index contributed by atoms with van der Waals surface area (Å²) < 4.78 is 9.19. The number of likely N-dealkylation sites (N-methyl/N-ethyl adjacent to an activating group) is 1. The Hall–Kier alpha value is -3.83. The van der Waals surface area contributed by atoms with E-state index in [1.807, 2.05) is 51.5 Å². The third kappa shape index (κ3) is 4.47. The van der Waals surface area contributed by atoms with Gasteiger partial charge in [0.2, 0.25) is 5.95 Å². The first-order valence-corrected chi connectivity index (χ1v) is 11.1. The molecule has 5 rings (SSSR count). The molecule has 6 bridgehead atoms. The number of hydrogen-bond acceptors (Lipinski definition) is 8. The van der Waals surface area contributed by atoms with Crippen molar-refractivity contribution in [1.82, 2.24) is 39.7 Å². The van der Waals surface area contributed by atoms with Crippen LogP contribution in [0.15, 0.2) is 36.7 Å². The Morgan fingerprint density at radius 3 is 2.88 bits per heavy atom. The van der Waals surface area contributed by atoms with E-state index in [1.165, 1.54) is 0 Å². The summed E-state index contributed by atoms with van der Waals surface area (Å²) in [5.74, 6) is 0.861. The lowest BCUT2D eigenvalue weighted by molar-refractivity contribution is 0.0885. The number of nitrogens with one attached hydrogen (secondary N) is 2. The summed E-state index contributed by atoms with van der Waals surface area (Å²) in [6.45, 7) is 4.90. The Morgan fingerprint density at radius 2 is 2.00 bits per heavy atom. The quantitative estimate of drug-likeness (QED) is 0.407. The molecule has 0 spiro atoms. The van der Waals surface area contributed by atoms with Crippen molar-refractivity contribution in [3.05, 3.63) is 53.6 Å². The number of amides is 1. The van der Waals surface area contributed by atoms with Crippen LogP contribution in [0.25, 0.3) is 16.7 Å². The van der Waals surface area contributed by atoms with E-state index in [4.69, 9.17) is 4.74 Å². The van der Waals surface area contributed by atoms with Crippen molar-refractivity contribution in [3.63, 3.8) is 0 Å². The van der Waals surface area contributed by atoms with Crippen molar-refractivity contribution in [2.24, 2.45) is 7.05 Å². The van der Waals surface area contributed by atoms with Crippen LogP contribution < -0.4 is 10.6 Å². The third-order valence-corrected chi connectivity index (χ3v) is 5.79. The van der Waals surface area contributed by atoms with Crippen LogP contribution in [-0.4, -0.2) is 73.7 Å². The summed E-state index contributed by atoms with van der Waals surface area (Å²) in [7, 11) is 3.86. The molecule has 1 aromatic carbocycles. The van der Waals surface area contributed by atoms with Gasteiger partial charge in [0, 0.05) is 61.8 Å². The number of rotatable bonds is 0. The molecule has 2 N–H and O–H groups in total. The van der Waals surface area contributed by atoms with Gasteiger partial charge in [0.1, 0.15) is 0 Å². The first kappa shape index (κ1) is 22.0. The van der Waals surface area contributed by atoms with Crippen LogP contribution in [0.2, 0.25) is 0 Å². The van der Waals surface area contributed by atoms with Gasteiger partial charge < -0.3 is 15.4 Å². The number of fused-ring (bicyclic) bond motifs is 6. The lowest BCUT2D eigenvalue weighted by Gasteiger charge is -2.16. The first-order valence-electron chi connectivity index (χ1n) is 11.1. The Balaban J connectivity index is 1.52. The molecule has 1 amide bonds. The van der Waals surface area contributed by atoms with E-state index in [0.717, 1.165) is 40.9 Å². The predicted octanol–water partition coefficient (Wildman–Crippen LogP) is 1.79. The average molecular weight is 462 g/mol. The van der Waals surface area contributed by atoms with E-state index in [1.54, 1.807) is 15.6 Å². The lowest BCUT2D eigenvalue weighted by atomic mass is 10.1. The molecular weight excluding hydrogens is 434 g/mol. The molecule has 11 nitrogen and oxygen atoms in total.